The lowest BCUT2D eigenvalue weighted by molar-refractivity contribution is 0.0717. The maximum absolute atomic E-state index is 2.31. The van der Waals surface area contributed by atoms with Crippen LogP contribution in [0.2, 0.25) is 0 Å². The number of hydrogen-bond acceptors (Lipinski definition) is 0. The van der Waals surface area contributed by atoms with E-state index >= 15 is 0 Å². The molecule has 3 saturated heterocycles. The number of hydrogen-bond donors (Lipinski definition) is 0. The number of quaternary nitrogens is 2. The Hall–Kier alpha value is -1.64. The quantitative estimate of drug-likeness (QED) is 0.733. The fourth-order valence-corrected chi connectivity index (χ4v) is 4.08. The van der Waals surface area contributed by atoms with Gasteiger partial charge in [-0.2, -0.15) is 0 Å². The summed E-state index contributed by atoms with van der Waals surface area (Å²) in [5, 5.41) is 0. The topological polar surface area (TPSA) is 0 Å². The first kappa shape index (κ1) is 12.1. The minimum atomic E-state index is 1.20. The van der Waals surface area contributed by atoms with Gasteiger partial charge in [0, 0.05) is 0 Å². The second kappa shape index (κ2) is 4.44. The molecule has 20 heavy (non-hydrogen) atoms. The maximum Gasteiger partial charge on any atom is 0.134 e. The molecule has 0 N–H and O–H groups in total. The van der Waals surface area contributed by atoms with Crippen LogP contribution in [0.4, 0.5) is 11.4 Å². The van der Waals surface area contributed by atoms with Crippen LogP contribution < -0.4 is 8.97 Å². The molecule has 2 nitrogen and oxygen atoms in total. The summed E-state index contributed by atoms with van der Waals surface area (Å²) < 4.78 is 2.40. The maximum atomic E-state index is 2.31. The summed E-state index contributed by atoms with van der Waals surface area (Å²) in [4.78, 5) is 0. The van der Waals surface area contributed by atoms with Crippen molar-refractivity contribution in [3.8, 4) is 0 Å². The van der Waals surface area contributed by atoms with Gasteiger partial charge in [0.2, 0.25) is 0 Å². The molecule has 3 heterocycles. The molecule has 0 aromatic heterocycles. The molecular weight excluding hydrogens is 244 g/mol. The molecule has 5 rings (SSSR count). The Balaban J connectivity index is 1.64. The van der Waals surface area contributed by atoms with E-state index in [1.165, 1.54) is 59.6 Å². The van der Waals surface area contributed by atoms with Gasteiger partial charge in [0.05, 0.1) is 0 Å². The van der Waals surface area contributed by atoms with Crippen LogP contribution in [0.15, 0.2) is 60.7 Å². The van der Waals surface area contributed by atoms with E-state index in [1.807, 2.05) is 0 Å². The normalized spacial score (nSPS) is 32.2. The number of piperazine rings is 3. The van der Waals surface area contributed by atoms with Gasteiger partial charge >= 0.3 is 0 Å². The van der Waals surface area contributed by atoms with E-state index in [0.717, 1.165) is 0 Å². The van der Waals surface area contributed by atoms with Crippen molar-refractivity contribution in [1.29, 1.82) is 0 Å². The summed E-state index contributed by atoms with van der Waals surface area (Å²) in [6.45, 7) is 7.66. The molecule has 2 aromatic rings. The van der Waals surface area contributed by atoms with Crippen LogP contribution in [0, 0.1) is 0 Å². The van der Waals surface area contributed by atoms with E-state index in [0.29, 0.717) is 0 Å². The average molecular weight is 266 g/mol. The summed E-state index contributed by atoms with van der Waals surface area (Å²) in [5.74, 6) is 0. The number of fused-ring (bicyclic) bond motifs is 3. The molecule has 0 unspecified atom stereocenters. The molecule has 0 saturated carbocycles. The Morgan fingerprint density at radius 3 is 1.05 bits per heavy atom. The minimum Gasteiger partial charge on any atom is -0.277 e. The van der Waals surface area contributed by atoms with Gasteiger partial charge in [0.1, 0.15) is 50.6 Å². The molecule has 2 bridgehead atoms. The van der Waals surface area contributed by atoms with Crippen LogP contribution in [0.25, 0.3) is 0 Å². The third-order valence-electron chi connectivity index (χ3n) is 5.48. The second-order valence-corrected chi connectivity index (χ2v) is 6.30. The third-order valence-corrected chi connectivity index (χ3v) is 5.48. The van der Waals surface area contributed by atoms with Gasteiger partial charge in [-0.15, -0.1) is 0 Å². The summed E-state index contributed by atoms with van der Waals surface area (Å²) in [6.07, 6.45) is 0. The number of benzene rings is 2. The SMILES string of the molecule is c1ccc([N+]23CC[N+](c4ccccc4)(CC2)CC3)cc1. The Labute approximate surface area is 121 Å². The van der Waals surface area contributed by atoms with Gasteiger partial charge in [0.25, 0.3) is 0 Å². The number of nitrogens with zero attached hydrogens (tertiary/aromatic N) is 2. The average Bonchev–Trinajstić information content (AvgIpc) is 2.58. The molecule has 3 fully saturated rings. The number of rotatable bonds is 2. The first-order valence-electron chi connectivity index (χ1n) is 7.67. The fourth-order valence-electron chi connectivity index (χ4n) is 4.08. The fraction of sp³-hybridized carbons (Fsp3) is 0.333. The largest absolute Gasteiger partial charge is 0.277 e. The zero-order valence-corrected chi connectivity index (χ0v) is 11.9. The molecule has 0 radical (unpaired) electrons. The van der Waals surface area contributed by atoms with Crippen molar-refractivity contribution in [2.75, 3.05) is 39.3 Å². The zero-order valence-electron chi connectivity index (χ0n) is 11.9. The smallest absolute Gasteiger partial charge is 0.134 e. The predicted molar refractivity (Wildman–Crippen MR) is 85.7 cm³/mol. The van der Waals surface area contributed by atoms with E-state index in [4.69, 9.17) is 0 Å². The molecule has 0 amide bonds. The molecule has 2 heteroatoms. The van der Waals surface area contributed by atoms with Gasteiger partial charge in [-0.3, -0.25) is 8.97 Å². The lowest BCUT2D eigenvalue weighted by atomic mass is 10.0. The summed E-state index contributed by atoms with van der Waals surface area (Å²) in [6, 6.07) is 22.2. The molecular formula is C18H22N2+2. The van der Waals surface area contributed by atoms with Gasteiger partial charge in [-0.1, -0.05) is 36.4 Å². The Morgan fingerprint density at radius 2 is 0.750 bits per heavy atom. The summed E-state index contributed by atoms with van der Waals surface area (Å²) >= 11 is 0. The van der Waals surface area contributed by atoms with Gasteiger partial charge in [0.15, 0.2) is 0 Å². The van der Waals surface area contributed by atoms with Crippen LogP contribution >= 0.6 is 0 Å². The molecule has 3 aliphatic rings. The Kier molecular flexibility index (Phi) is 2.69. The second-order valence-electron chi connectivity index (χ2n) is 6.30. The van der Waals surface area contributed by atoms with Gasteiger partial charge < -0.3 is 0 Å². The van der Waals surface area contributed by atoms with Gasteiger partial charge in [-0.25, -0.2) is 0 Å². The van der Waals surface area contributed by atoms with Crippen molar-refractivity contribution < 1.29 is 0 Å². The van der Waals surface area contributed by atoms with Crippen molar-refractivity contribution in [3.05, 3.63) is 60.7 Å². The van der Waals surface area contributed by atoms with Crippen LogP contribution in [0.3, 0.4) is 0 Å². The van der Waals surface area contributed by atoms with Gasteiger partial charge in [-0.05, 0) is 24.3 Å². The van der Waals surface area contributed by atoms with E-state index < -0.39 is 0 Å². The van der Waals surface area contributed by atoms with Crippen molar-refractivity contribution in [3.63, 3.8) is 0 Å². The van der Waals surface area contributed by atoms with Crippen LogP contribution in [-0.4, -0.2) is 39.3 Å². The zero-order chi connectivity index (χ0) is 13.5. The van der Waals surface area contributed by atoms with Crippen molar-refractivity contribution >= 4 is 11.4 Å². The van der Waals surface area contributed by atoms with Crippen LogP contribution in [-0.2, 0) is 0 Å². The first-order chi connectivity index (χ1) is 9.83. The predicted octanol–water partition coefficient (Wildman–Crippen LogP) is 3.03. The standard InChI is InChI=1S/C18H22N2/c1-3-7-17(8-4-1)19-11-14-20(15-12-19,16-13-19)18-9-5-2-6-10-18/h1-10H,11-16H2/q+2. The molecule has 102 valence electrons. The Morgan fingerprint density at radius 1 is 0.450 bits per heavy atom. The van der Waals surface area contributed by atoms with Crippen molar-refractivity contribution in [2.24, 2.45) is 0 Å². The highest BCUT2D eigenvalue weighted by Crippen LogP contribution is 2.36. The molecule has 0 atom stereocenters. The van der Waals surface area contributed by atoms with E-state index in [2.05, 4.69) is 60.7 Å². The van der Waals surface area contributed by atoms with Crippen LogP contribution in [0.5, 0.6) is 0 Å². The van der Waals surface area contributed by atoms with Crippen LogP contribution in [0.1, 0.15) is 0 Å². The molecule has 0 aliphatic carbocycles. The Bertz CT molecular complexity index is 511. The molecule has 3 aliphatic heterocycles. The van der Waals surface area contributed by atoms with E-state index in [9.17, 15) is 0 Å². The molecule has 2 aromatic carbocycles. The lowest BCUT2D eigenvalue weighted by Gasteiger charge is -2.54. The molecule has 0 spiro atoms. The summed E-state index contributed by atoms with van der Waals surface area (Å²) in [5.41, 5.74) is 3.02. The summed E-state index contributed by atoms with van der Waals surface area (Å²) in [7, 11) is 0. The van der Waals surface area contributed by atoms with E-state index in [1.54, 1.807) is 0 Å². The number of para-hydroxylation sites is 2. The van der Waals surface area contributed by atoms with E-state index in [-0.39, 0.29) is 0 Å². The highest BCUT2D eigenvalue weighted by atomic mass is 15.5. The van der Waals surface area contributed by atoms with Crippen molar-refractivity contribution in [2.45, 2.75) is 0 Å². The first-order valence-corrected chi connectivity index (χ1v) is 7.67. The van der Waals surface area contributed by atoms with Crippen molar-refractivity contribution in [1.82, 2.24) is 8.97 Å². The monoisotopic (exact) mass is 266 g/mol. The highest BCUT2D eigenvalue weighted by molar-refractivity contribution is 5.49. The third kappa shape index (κ3) is 1.72. The highest BCUT2D eigenvalue weighted by Gasteiger charge is 2.51. The lowest BCUT2D eigenvalue weighted by Crippen LogP contribution is -2.77. The minimum absolute atomic E-state index is 1.20.